The molecule has 0 spiro atoms. The Balaban J connectivity index is 2.68. The van der Waals surface area contributed by atoms with Crippen LogP contribution in [0.15, 0.2) is 44.9 Å². The summed E-state index contributed by atoms with van der Waals surface area (Å²) in [5.74, 6) is -0.281. The molecule has 1 aromatic rings. The molecule has 1 atom stereocenters. The second-order valence-electron chi connectivity index (χ2n) is 4.69. The lowest BCUT2D eigenvalue weighted by atomic mass is 9.99. The van der Waals surface area contributed by atoms with E-state index in [1.54, 1.807) is 34.4 Å². The fourth-order valence-electron chi connectivity index (χ4n) is 2.73. The van der Waals surface area contributed by atoms with Crippen molar-refractivity contribution in [3.63, 3.8) is 0 Å². The van der Waals surface area contributed by atoms with Gasteiger partial charge in [0.25, 0.3) is 0 Å². The van der Waals surface area contributed by atoms with Gasteiger partial charge in [-0.3, -0.25) is 4.79 Å². The van der Waals surface area contributed by atoms with E-state index in [-0.39, 0.29) is 10.7 Å². The van der Waals surface area contributed by atoms with E-state index in [2.05, 4.69) is 0 Å². The van der Waals surface area contributed by atoms with Crippen LogP contribution in [0, 0.1) is 0 Å². The largest absolute Gasteiger partial charge is 0.298 e. The monoisotopic (exact) mass is 390 g/mol. The van der Waals surface area contributed by atoms with E-state index in [1.807, 2.05) is 22.6 Å². The van der Waals surface area contributed by atoms with Crippen molar-refractivity contribution in [1.82, 2.24) is 0 Å². The highest BCUT2D eigenvalue weighted by molar-refractivity contribution is 14.1. The van der Waals surface area contributed by atoms with Gasteiger partial charge in [-0.15, -0.1) is 0 Å². The number of rotatable bonds is 3. The van der Waals surface area contributed by atoms with Crippen molar-refractivity contribution in [2.45, 2.75) is 35.8 Å². The van der Waals surface area contributed by atoms with E-state index in [0.717, 1.165) is 12.0 Å². The quantitative estimate of drug-likeness (QED) is 0.745. The third-order valence-corrected chi connectivity index (χ3v) is 7.02. The third-order valence-electron chi connectivity index (χ3n) is 3.71. The summed E-state index contributed by atoms with van der Waals surface area (Å²) in [5, 5.41) is 0. The van der Waals surface area contributed by atoms with Crippen LogP contribution in [0.4, 0.5) is 0 Å². The summed E-state index contributed by atoms with van der Waals surface area (Å²) in [6.07, 6.45) is 1.80. The highest BCUT2D eigenvalue weighted by atomic mass is 127. The molecule has 0 radical (unpaired) electrons. The maximum atomic E-state index is 12.9. The number of Topliss-reactive ketones (excluding diaryl/α,β-unsaturated/α-hetero) is 1. The number of sulfone groups is 1. The van der Waals surface area contributed by atoms with Gasteiger partial charge in [0.1, 0.15) is 0 Å². The molecular formula is C14H15IO3S. The molecule has 1 saturated carbocycles. The van der Waals surface area contributed by atoms with E-state index >= 15 is 0 Å². The van der Waals surface area contributed by atoms with Gasteiger partial charge in [-0.2, -0.15) is 0 Å². The molecule has 1 aromatic carbocycles. The summed E-state index contributed by atoms with van der Waals surface area (Å²) in [7, 11) is -3.68. The molecule has 0 heterocycles. The Bertz CT molecular complexity index is 619. The first-order valence-electron chi connectivity index (χ1n) is 6.07. The number of hydrogen-bond donors (Lipinski definition) is 0. The van der Waals surface area contributed by atoms with Gasteiger partial charge in [0.15, 0.2) is 20.4 Å². The van der Waals surface area contributed by atoms with E-state index in [0.29, 0.717) is 12.8 Å². The van der Waals surface area contributed by atoms with Gasteiger partial charge in [0, 0.05) is 0 Å². The van der Waals surface area contributed by atoms with Crippen molar-refractivity contribution in [2.75, 3.05) is 0 Å². The molecule has 1 fully saturated rings. The minimum atomic E-state index is -3.68. The maximum Gasteiger partial charge on any atom is 0.195 e. The molecule has 1 aliphatic rings. The van der Waals surface area contributed by atoms with E-state index in [4.69, 9.17) is 0 Å². The first-order chi connectivity index (χ1) is 8.96. The fraction of sp³-hybridized carbons (Fsp3) is 0.357. The van der Waals surface area contributed by atoms with Crippen LogP contribution in [0.25, 0.3) is 0 Å². The first-order valence-corrected chi connectivity index (χ1v) is 8.80. The standard InChI is InChI=1S/C14H15IO3S/c1-11(16)14(9-5-6-12(14)10-15)19(17,18)13-7-3-2-4-8-13/h2-4,7-8,10H,5-6,9H2,1H3/b12-10+. The van der Waals surface area contributed by atoms with E-state index in [9.17, 15) is 13.2 Å². The maximum absolute atomic E-state index is 12.9. The van der Waals surface area contributed by atoms with E-state index in [1.165, 1.54) is 6.92 Å². The molecule has 19 heavy (non-hydrogen) atoms. The minimum absolute atomic E-state index is 0.225. The topological polar surface area (TPSA) is 51.2 Å². The highest BCUT2D eigenvalue weighted by Crippen LogP contribution is 2.45. The second kappa shape index (κ2) is 5.36. The van der Waals surface area contributed by atoms with Crippen LogP contribution in [0.2, 0.25) is 0 Å². The number of hydrogen-bond acceptors (Lipinski definition) is 3. The normalized spacial score (nSPS) is 25.7. The molecule has 5 heteroatoms. The van der Waals surface area contributed by atoms with Crippen LogP contribution >= 0.6 is 22.6 Å². The van der Waals surface area contributed by atoms with Crippen molar-refractivity contribution in [3.8, 4) is 0 Å². The second-order valence-corrected chi connectivity index (χ2v) is 7.49. The molecule has 0 saturated heterocycles. The minimum Gasteiger partial charge on any atom is -0.298 e. The van der Waals surface area contributed by atoms with Gasteiger partial charge in [-0.05, 0) is 48.0 Å². The fourth-order valence-corrected chi connectivity index (χ4v) is 6.00. The zero-order valence-electron chi connectivity index (χ0n) is 10.6. The van der Waals surface area contributed by atoms with Gasteiger partial charge in [0.05, 0.1) is 4.90 Å². The molecule has 2 rings (SSSR count). The van der Waals surface area contributed by atoms with Crippen LogP contribution in [-0.4, -0.2) is 18.9 Å². The Hall–Kier alpha value is -0.690. The van der Waals surface area contributed by atoms with Crippen LogP contribution in [0.5, 0.6) is 0 Å². The van der Waals surface area contributed by atoms with Gasteiger partial charge in [0.2, 0.25) is 0 Å². The lowest BCUT2D eigenvalue weighted by molar-refractivity contribution is -0.118. The van der Waals surface area contributed by atoms with Gasteiger partial charge in [-0.1, -0.05) is 40.8 Å². The van der Waals surface area contributed by atoms with Gasteiger partial charge in [-0.25, -0.2) is 8.42 Å². The first kappa shape index (κ1) is 14.7. The Morgan fingerprint density at radius 2 is 1.95 bits per heavy atom. The van der Waals surface area contributed by atoms with Crippen molar-refractivity contribution >= 4 is 38.2 Å². The van der Waals surface area contributed by atoms with Crippen molar-refractivity contribution in [1.29, 1.82) is 0 Å². The molecule has 0 aromatic heterocycles. The molecule has 3 nitrogen and oxygen atoms in total. The summed E-state index contributed by atoms with van der Waals surface area (Å²) in [6, 6.07) is 8.25. The summed E-state index contributed by atoms with van der Waals surface area (Å²) in [4.78, 5) is 12.4. The number of carbonyl (C=O) groups is 1. The predicted molar refractivity (Wildman–Crippen MR) is 83.0 cm³/mol. The van der Waals surface area contributed by atoms with Crippen LogP contribution in [-0.2, 0) is 14.6 Å². The number of benzene rings is 1. The Morgan fingerprint density at radius 3 is 2.47 bits per heavy atom. The van der Waals surface area contributed by atoms with E-state index < -0.39 is 14.6 Å². The molecule has 0 aliphatic heterocycles. The zero-order chi connectivity index (χ0) is 14.1. The summed E-state index contributed by atoms with van der Waals surface area (Å²) < 4.78 is 26.2. The SMILES string of the molecule is CC(=O)C1(S(=O)(=O)c2ccccc2)CCC/C1=C\I. The Morgan fingerprint density at radius 1 is 1.32 bits per heavy atom. The Labute approximate surface area is 127 Å². The molecule has 1 unspecified atom stereocenters. The third kappa shape index (κ3) is 2.16. The van der Waals surface area contributed by atoms with Crippen molar-refractivity contribution < 1.29 is 13.2 Å². The number of ketones is 1. The van der Waals surface area contributed by atoms with Crippen molar-refractivity contribution in [2.24, 2.45) is 0 Å². The predicted octanol–water partition coefficient (Wildman–Crippen LogP) is 3.29. The van der Waals surface area contributed by atoms with Crippen LogP contribution in [0.3, 0.4) is 0 Å². The summed E-state index contributed by atoms with van der Waals surface area (Å²) >= 11 is 2.03. The van der Waals surface area contributed by atoms with Gasteiger partial charge < -0.3 is 0 Å². The molecule has 1 aliphatic carbocycles. The van der Waals surface area contributed by atoms with Gasteiger partial charge >= 0.3 is 0 Å². The molecule has 0 amide bonds. The molecule has 0 N–H and O–H groups in total. The van der Waals surface area contributed by atoms with Crippen molar-refractivity contribution in [3.05, 3.63) is 40.0 Å². The molecule has 0 bridgehead atoms. The average Bonchev–Trinajstić information content (AvgIpc) is 2.85. The lowest BCUT2D eigenvalue weighted by Crippen LogP contribution is -2.44. The van der Waals surface area contributed by atoms with Crippen LogP contribution in [0.1, 0.15) is 26.2 Å². The lowest BCUT2D eigenvalue weighted by Gasteiger charge is -2.27. The smallest absolute Gasteiger partial charge is 0.195 e. The molecule has 102 valence electrons. The number of carbonyl (C=O) groups excluding carboxylic acids is 1. The highest BCUT2D eigenvalue weighted by Gasteiger charge is 2.53. The zero-order valence-corrected chi connectivity index (χ0v) is 13.6. The summed E-state index contributed by atoms with van der Waals surface area (Å²) in [5.41, 5.74) is 0.726. The Kier molecular flexibility index (Phi) is 4.15. The average molecular weight is 390 g/mol. The molecular weight excluding hydrogens is 375 g/mol. The summed E-state index contributed by atoms with van der Waals surface area (Å²) in [6.45, 7) is 1.38. The van der Waals surface area contributed by atoms with Crippen LogP contribution < -0.4 is 0 Å². The number of halogens is 1.